The lowest BCUT2D eigenvalue weighted by Crippen LogP contribution is -2.33. The summed E-state index contributed by atoms with van der Waals surface area (Å²) < 4.78 is 0. The Hall–Kier alpha value is -1.32. The summed E-state index contributed by atoms with van der Waals surface area (Å²) in [6, 6.07) is 8.90. The Labute approximate surface area is 114 Å². The number of rotatable bonds is 4. The molecule has 0 saturated carbocycles. The van der Waals surface area contributed by atoms with Gasteiger partial charge >= 0.3 is 0 Å². The Morgan fingerprint density at radius 1 is 1.21 bits per heavy atom. The highest BCUT2D eigenvalue weighted by Crippen LogP contribution is 2.17. The van der Waals surface area contributed by atoms with Crippen LogP contribution in [0.15, 0.2) is 24.3 Å². The molecule has 3 N–H and O–H groups in total. The zero-order valence-corrected chi connectivity index (χ0v) is 11.6. The van der Waals surface area contributed by atoms with Crippen molar-refractivity contribution in [3.05, 3.63) is 35.5 Å². The molecule has 1 fully saturated rings. The highest BCUT2D eigenvalue weighted by molar-refractivity contribution is 5.81. The number of H-pyrrole nitrogens is 1. The molecule has 2 heterocycles. The molecule has 1 aliphatic rings. The smallest absolute Gasteiger partial charge is 0.0456 e. The predicted molar refractivity (Wildman–Crippen MR) is 80.3 cm³/mol. The van der Waals surface area contributed by atoms with E-state index in [1.165, 1.54) is 48.1 Å². The number of fused-ring (bicyclic) bond motifs is 1. The maximum Gasteiger partial charge on any atom is 0.0456 e. The quantitative estimate of drug-likeness (QED) is 0.788. The molecule has 0 amide bonds. The van der Waals surface area contributed by atoms with Gasteiger partial charge in [0.15, 0.2) is 0 Å². The molecule has 3 heteroatoms. The minimum atomic E-state index is 0.847. The third-order valence-corrected chi connectivity index (χ3v) is 4.04. The number of benzene rings is 1. The van der Waals surface area contributed by atoms with Gasteiger partial charge in [0.1, 0.15) is 0 Å². The Balaban J connectivity index is 1.55. The number of nitrogens with one attached hydrogen (secondary N) is 3. The van der Waals surface area contributed by atoms with Crippen molar-refractivity contribution in [2.24, 2.45) is 5.92 Å². The van der Waals surface area contributed by atoms with E-state index < -0.39 is 0 Å². The topological polar surface area (TPSA) is 39.8 Å². The van der Waals surface area contributed by atoms with E-state index in [0.717, 1.165) is 19.0 Å². The van der Waals surface area contributed by atoms with Gasteiger partial charge in [0.05, 0.1) is 0 Å². The lowest BCUT2D eigenvalue weighted by molar-refractivity contribution is 0.356. The molecule has 0 unspecified atom stereocenters. The molecule has 0 spiro atoms. The van der Waals surface area contributed by atoms with Crippen LogP contribution in [-0.2, 0) is 6.54 Å². The molecule has 3 rings (SSSR count). The lowest BCUT2D eigenvalue weighted by Gasteiger charge is -2.22. The first-order valence-corrected chi connectivity index (χ1v) is 7.31. The molecule has 0 radical (unpaired) electrons. The van der Waals surface area contributed by atoms with Gasteiger partial charge in [-0.15, -0.1) is 0 Å². The fraction of sp³-hybridized carbons (Fsp3) is 0.500. The van der Waals surface area contributed by atoms with Gasteiger partial charge in [0, 0.05) is 17.8 Å². The van der Waals surface area contributed by atoms with Gasteiger partial charge in [-0.05, 0) is 74.5 Å². The normalized spacial score (nSPS) is 17.1. The van der Waals surface area contributed by atoms with E-state index in [1.54, 1.807) is 0 Å². The maximum atomic E-state index is 3.60. The molecule has 102 valence electrons. The van der Waals surface area contributed by atoms with Gasteiger partial charge in [-0.3, -0.25) is 0 Å². The van der Waals surface area contributed by atoms with Gasteiger partial charge in [0.25, 0.3) is 0 Å². The number of hydrogen-bond donors (Lipinski definition) is 3. The number of aromatic amines is 1. The van der Waals surface area contributed by atoms with Crippen molar-refractivity contribution in [3.8, 4) is 0 Å². The molecule has 1 aromatic carbocycles. The van der Waals surface area contributed by atoms with E-state index in [1.807, 2.05) is 0 Å². The van der Waals surface area contributed by atoms with Crippen LogP contribution in [0.3, 0.4) is 0 Å². The van der Waals surface area contributed by atoms with Crippen LogP contribution >= 0.6 is 0 Å². The van der Waals surface area contributed by atoms with E-state index in [0.29, 0.717) is 0 Å². The average molecular weight is 257 g/mol. The lowest BCUT2D eigenvalue weighted by atomic mass is 9.98. The Bertz CT molecular complexity index is 538. The molecule has 3 nitrogen and oxygen atoms in total. The molecule has 0 aliphatic carbocycles. The van der Waals surface area contributed by atoms with Crippen LogP contribution in [0.4, 0.5) is 0 Å². The minimum Gasteiger partial charge on any atom is -0.359 e. The van der Waals surface area contributed by atoms with Crippen LogP contribution in [-0.4, -0.2) is 24.6 Å². The van der Waals surface area contributed by atoms with Crippen molar-refractivity contribution >= 4 is 10.9 Å². The second-order valence-electron chi connectivity index (χ2n) is 5.70. The Morgan fingerprint density at radius 2 is 2.05 bits per heavy atom. The van der Waals surface area contributed by atoms with Gasteiger partial charge in [0.2, 0.25) is 0 Å². The van der Waals surface area contributed by atoms with Crippen LogP contribution in [0.1, 0.15) is 24.1 Å². The third-order valence-electron chi connectivity index (χ3n) is 4.04. The first-order valence-electron chi connectivity index (χ1n) is 7.31. The number of hydrogen-bond acceptors (Lipinski definition) is 2. The molecule has 1 aliphatic heterocycles. The Kier molecular flexibility index (Phi) is 3.85. The van der Waals surface area contributed by atoms with Gasteiger partial charge in [-0.1, -0.05) is 6.07 Å². The predicted octanol–water partition coefficient (Wildman–Crippen LogP) is 2.57. The van der Waals surface area contributed by atoms with Crippen molar-refractivity contribution in [1.29, 1.82) is 0 Å². The molecular weight excluding hydrogens is 234 g/mol. The highest BCUT2D eigenvalue weighted by Gasteiger charge is 2.11. The van der Waals surface area contributed by atoms with E-state index in [4.69, 9.17) is 0 Å². The summed E-state index contributed by atoms with van der Waals surface area (Å²) in [5.41, 5.74) is 3.84. The summed E-state index contributed by atoms with van der Waals surface area (Å²) in [6.07, 6.45) is 2.62. The van der Waals surface area contributed by atoms with Crippen LogP contribution in [0.2, 0.25) is 0 Å². The Morgan fingerprint density at radius 3 is 2.89 bits per heavy atom. The molecule has 0 atom stereocenters. The minimum absolute atomic E-state index is 0.847. The maximum absolute atomic E-state index is 3.60. The van der Waals surface area contributed by atoms with Crippen LogP contribution in [0.5, 0.6) is 0 Å². The summed E-state index contributed by atoms with van der Waals surface area (Å²) >= 11 is 0. The fourth-order valence-electron chi connectivity index (χ4n) is 2.94. The molecule has 0 bridgehead atoms. The number of aromatic nitrogens is 1. The van der Waals surface area contributed by atoms with E-state index in [-0.39, 0.29) is 0 Å². The van der Waals surface area contributed by atoms with E-state index in [9.17, 15) is 0 Å². The van der Waals surface area contributed by atoms with Gasteiger partial charge in [-0.2, -0.15) is 0 Å². The van der Waals surface area contributed by atoms with Crippen molar-refractivity contribution in [1.82, 2.24) is 15.6 Å². The van der Waals surface area contributed by atoms with Crippen molar-refractivity contribution in [3.63, 3.8) is 0 Å². The van der Waals surface area contributed by atoms with Crippen LogP contribution < -0.4 is 10.6 Å². The molecule has 1 aromatic heterocycles. The van der Waals surface area contributed by atoms with Gasteiger partial charge < -0.3 is 15.6 Å². The zero-order valence-electron chi connectivity index (χ0n) is 11.6. The summed E-state index contributed by atoms with van der Waals surface area (Å²) in [4.78, 5) is 3.37. The van der Waals surface area contributed by atoms with Crippen molar-refractivity contribution in [2.45, 2.75) is 26.3 Å². The largest absolute Gasteiger partial charge is 0.359 e. The molecule has 1 saturated heterocycles. The zero-order chi connectivity index (χ0) is 13.1. The van der Waals surface area contributed by atoms with Crippen molar-refractivity contribution < 1.29 is 0 Å². The monoisotopic (exact) mass is 257 g/mol. The van der Waals surface area contributed by atoms with Crippen molar-refractivity contribution in [2.75, 3.05) is 19.6 Å². The van der Waals surface area contributed by atoms with Gasteiger partial charge in [-0.25, -0.2) is 0 Å². The summed E-state index contributed by atoms with van der Waals surface area (Å²) in [7, 11) is 0. The average Bonchev–Trinajstić information content (AvgIpc) is 2.79. The summed E-state index contributed by atoms with van der Waals surface area (Å²) in [6.45, 7) is 6.59. The fourth-order valence-corrected chi connectivity index (χ4v) is 2.94. The first kappa shape index (κ1) is 12.7. The number of piperidine rings is 1. The number of aryl methyl sites for hydroxylation is 1. The molecule has 19 heavy (non-hydrogen) atoms. The molecular formula is C16H23N3. The first-order chi connectivity index (χ1) is 9.31. The summed E-state index contributed by atoms with van der Waals surface area (Å²) in [5, 5.41) is 8.34. The second-order valence-corrected chi connectivity index (χ2v) is 5.70. The third kappa shape index (κ3) is 3.17. The van der Waals surface area contributed by atoms with Crippen LogP contribution in [0, 0.1) is 12.8 Å². The SMILES string of the molecule is Cc1cc2cc(CNCC3CCNCC3)ccc2[nH]1. The molecule has 2 aromatic rings. The second kappa shape index (κ2) is 5.76. The van der Waals surface area contributed by atoms with Crippen LogP contribution in [0.25, 0.3) is 10.9 Å². The highest BCUT2D eigenvalue weighted by atomic mass is 14.9. The summed E-state index contributed by atoms with van der Waals surface area (Å²) in [5.74, 6) is 0.847. The van der Waals surface area contributed by atoms with E-state index >= 15 is 0 Å². The standard InChI is InChI=1S/C16H23N3/c1-12-8-15-9-14(2-3-16(15)19-12)11-18-10-13-4-6-17-7-5-13/h2-3,8-9,13,17-19H,4-7,10-11H2,1H3. The van der Waals surface area contributed by atoms with E-state index in [2.05, 4.69) is 46.8 Å².